The summed E-state index contributed by atoms with van der Waals surface area (Å²) in [6.07, 6.45) is 8.52. The predicted molar refractivity (Wildman–Crippen MR) is 69.2 cm³/mol. The van der Waals surface area contributed by atoms with E-state index in [0.717, 1.165) is 13.2 Å². The highest BCUT2D eigenvalue weighted by Gasteiger charge is 2.28. The molecule has 2 heterocycles. The summed E-state index contributed by atoms with van der Waals surface area (Å²) in [5, 5.41) is 3.47. The topological polar surface area (TPSA) is 30.5 Å². The molecule has 0 amide bonds. The lowest BCUT2D eigenvalue weighted by Crippen LogP contribution is -2.34. The SMILES string of the molecule is CNC(CCCC1CCCO1)C1COC(C)C1. The Balaban J connectivity index is 1.64. The summed E-state index contributed by atoms with van der Waals surface area (Å²) in [5.41, 5.74) is 0. The Kier molecular flexibility index (Phi) is 5.26. The van der Waals surface area contributed by atoms with E-state index in [0.29, 0.717) is 24.2 Å². The van der Waals surface area contributed by atoms with Gasteiger partial charge in [0.25, 0.3) is 0 Å². The molecule has 2 fully saturated rings. The molecule has 3 heteroatoms. The highest BCUT2D eigenvalue weighted by molar-refractivity contribution is 4.81. The maximum Gasteiger partial charge on any atom is 0.0576 e. The molecule has 4 atom stereocenters. The van der Waals surface area contributed by atoms with Crippen molar-refractivity contribution in [3.8, 4) is 0 Å². The van der Waals surface area contributed by atoms with Crippen molar-refractivity contribution in [3.05, 3.63) is 0 Å². The first-order valence-electron chi connectivity index (χ1n) is 7.20. The third kappa shape index (κ3) is 3.94. The summed E-state index contributed by atoms with van der Waals surface area (Å²) in [6.45, 7) is 4.10. The quantitative estimate of drug-likeness (QED) is 0.774. The van der Waals surface area contributed by atoms with E-state index in [-0.39, 0.29) is 0 Å². The normalized spacial score (nSPS) is 35.3. The van der Waals surface area contributed by atoms with Crippen LogP contribution in [0.25, 0.3) is 0 Å². The second-order valence-corrected chi connectivity index (χ2v) is 5.60. The van der Waals surface area contributed by atoms with Crippen molar-refractivity contribution in [2.45, 2.75) is 63.7 Å². The van der Waals surface area contributed by atoms with Crippen molar-refractivity contribution in [2.75, 3.05) is 20.3 Å². The van der Waals surface area contributed by atoms with Crippen LogP contribution in [0.1, 0.15) is 45.4 Å². The first-order valence-corrected chi connectivity index (χ1v) is 7.20. The van der Waals surface area contributed by atoms with Gasteiger partial charge in [0.15, 0.2) is 0 Å². The van der Waals surface area contributed by atoms with E-state index in [1.165, 1.54) is 38.5 Å². The minimum atomic E-state index is 0.453. The van der Waals surface area contributed by atoms with E-state index >= 15 is 0 Å². The number of hydrogen-bond donors (Lipinski definition) is 1. The lowest BCUT2D eigenvalue weighted by Gasteiger charge is -2.22. The molecule has 4 unspecified atom stereocenters. The average molecular weight is 241 g/mol. The Bertz CT molecular complexity index is 216. The van der Waals surface area contributed by atoms with Gasteiger partial charge in [0, 0.05) is 18.6 Å². The molecule has 0 aromatic carbocycles. The summed E-state index contributed by atoms with van der Waals surface area (Å²) in [6, 6.07) is 0.626. The van der Waals surface area contributed by atoms with Gasteiger partial charge >= 0.3 is 0 Å². The van der Waals surface area contributed by atoms with Crippen LogP contribution >= 0.6 is 0 Å². The van der Waals surface area contributed by atoms with Crippen LogP contribution in [0.3, 0.4) is 0 Å². The third-order valence-corrected chi connectivity index (χ3v) is 4.23. The van der Waals surface area contributed by atoms with Crippen molar-refractivity contribution in [3.63, 3.8) is 0 Å². The van der Waals surface area contributed by atoms with Gasteiger partial charge in [0.1, 0.15) is 0 Å². The van der Waals surface area contributed by atoms with E-state index in [1.807, 2.05) is 0 Å². The number of ether oxygens (including phenoxy) is 2. The van der Waals surface area contributed by atoms with E-state index < -0.39 is 0 Å². The van der Waals surface area contributed by atoms with Gasteiger partial charge in [-0.05, 0) is 52.5 Å². The van der Waals surface area contributed by atoms with Crippen molar-refractivity contribution in [2.24, 2.45) is 5.92 Å². The van der Waals surface area contributed by atoms with Gasteiger partial charge in [0.2, 0.25) is 0 Å². The fraction of sp³-hybridized carbons (Fsp3) is 1.00. The summed E-state index contributed by atoms with van der Waals surface area (Å²) in [5.74, 6) is 0.708. The summed E-state index contributed by atoms with van der Waals surface area (Å²) < 4.78 is 11.3. The molecule has 0 bridgehead atoms. The predicted octanol–water partition coefficient (Wildman–Crippen LogP) is 2.35. The van der Waals surface area contributed by atoms with Gasteiger partial charge in [-0.15, -0.1) is 0 Å². The molecule has 0 aromatic heterocycles. The molecular formula is C14H27NO2. The maximum absolute atomic E-state index is 5.67. The van der Waals surface area contributed by atoms with Gasteiger partial charge < -0.3 is 14.8 Å². The monoisotopic (exact) mass is 241 g/mol. The molecule has 0 radical (unpaired) electrons. The fourth-order valence-electron chi connectivity index (χ4n) is 3.18. The molecule has 3 nitrogen and oxygen atoms in total. The van der Waals surface area contributed by atoms with Crippen molar-refractivity contribution in [1.29, 1.82) is 0 Å². The first-order chi connectivity index (χ1) is 8.29. The zero-order valence-corrected chi connectivity index (χ0v) is 11.3. The Morgan fingerprint density at radius 1 is 1.35 bits per heavy atom. The van der Waals surface area contributed by atoms with Crippen LogP contribution in [0.15, 0.2) is 0 Å². The molecular weight excluding hydrogens is 214 g/mol. The third-order valence-electron chi connectivity index (χ3n) is 4.23. The minimum absolute atomic E-state index is 0.453. The Labute approximate surface area is 105 Å². The number of hydrogen-bond acceptors (Lipinski definition) is 3. The molecule has 0 saturated carbocycles. The van der Waals surface area contributed by atoms with Crippen LogP contribution < -0.4 is 5.32 Å². The van der Waals surface area contributed by atoms with Crippen LogP contribution in [0.4, 0.5) is 0 Å². The molecule has 2 rings (SSSR count). The Hall–Kier alpha value is -0.120. The molecule has 2 aliphatic rings. The molecule has 0 aromatic rings. The van der Waals surface area contributed by atoms with Crippen LogP contribution in [-0.4, -0.2) is 38.5 Å². The maximum atomic E-state index is 5.67. The van der Waals surface area contributed by atoms with Crippen LogP contribution in [0.2, 0.25) is 0 Å². The lowest BCUT2D eigenvalue weighted by molar-refractivity contribution is 0.0994. The van der Waals surface area contributed by atoms with Crippen LogP contribution in [-0.2, 0) is 9.47 Å². The smallest absolute Gasteiger partial charge is 0.0576 e. The van der Waals surface area contributed by atoms with E-state index in [9.17, 15) is 0 Å². The van der Waals surface area contributed by atoms with Crippen molar-refractivity contribution >= 4 is 0 Å². The minimum Gasteiger partial charge on any atom is -0.378 e. The van der Waals surface area contributed by atoms with Gasteiger partial charge in [-0.3, -0.25) is 0 Å². The molecule has 0 spiro atoms. The van der Waals surface area contributed by atoms with E-state index in [1.54, 1.807) is 0 Å². The second kappa shape index (κ2) is 6.72. The van der Waals surface area contributed by atoms with Gasteiger partial charge in [-0.2, -0.15) is 0 Å². The molecule has 2 aliphatic heterocycles. The first kappa shape index (κ1) is 13.3. The van der Waals surface area contributed by atoms with E-state index in [4.69, 9.17) is 9.47 Å². The lowest BCUT2D eigenvalue weighted by atomic mass is 9.92. The average Bonchev–Trinajstić information content (AvgIpc) is 2.96. The van der Waals surface area contributed by atoms with Crippen LogP contribution in [0, 0.1) is 5.92 Å². The van der Waals surface area contributed by atoms with Gasteiger partial charge in [-0.1, -0.05) is 0 Å². The standard InChI is InChI=1S/C14H27NO2/c1-11-9-12(10-17-11)14(15-2)7-3-5-13-6-4-8-16-13/h11-15H,3-10H2,1-2H3. The highest BCUT2D eigenvalue weighted by atomic mass is 16.5. The van der Waals surface area contributed by atoms with Crippen molar-refractivity contribution < 1.29 is 9.47 Å². The van der Waals surface area contributed by atoms with E-state index in [2.05, 4.69) is 19.3 Å². The second-order valence-electron chi connectivity index (χ2n) is 5.60. The summed E-state index contributed by atoms with van der Waals surface area (Å²) in [7, 11) is 2.08. The molecule has 17 heavy (non-hydrogen) atoms. The largest absolute Gasteiger partial charge is 0.378 e. The molecule has 2 saturated heterocycles. The van der Waals surface area contributed by atoms with Gasteiger partial charge in [-0.25, -0.2) is 0 Å². The summed E-state index contributed by atoms with van der Waals surface area (Å²) >= 11 is 0. The fourth-order valence-corrected chi connectivity index (χ4v) is 3.18. The van der Waals surface area contributed by atoms with Crippen LogP contribution in [0.5, 0.6) is 0 Å². The molecule has 0 aliphatic carbocycles. The Morgan fingerprint density at radius 2 is 2.24 bits per heavy atom. The Morgan fingerprint density at radius 3 is 2.82 bits per heavy atom. The van der Waals surface area contributed by atoms with Crippen molar-refractivity contribution in [1.82, 2.24) is 5.32 Å². The number of nitrogens with one attached hydrogen (secondary N) is 1. The zero-order chi connectivity index (χ0) is 12.1. The highest BCUT2D eigenvalue weighted by Crippen LogP contribution is 2.26. The summed E-state index contributed by atoms with van der Waals surface area (Å²) in [4.78, 5) is 0. The zero-order valence-electron chi connectivity index (χ0n) is 11.3. The molecule has 1 N–H and O–H groups in total. The number of rotatable bonds is 6. The van der Waals surface area contributed by atoms with Gasteiger partial charge in [0.05, 0.1) is 18.8 Å². The molecule has 100 valence electrons.